The summed E-state index contributed by atoms with van der Waals surface area (Å²) < 4.78 is 72.1. The van der Waals surface area contributed by atoms with E-state index in [1.807, 2.05) is 0 Å². The number of hydrogen-bond donors (Lipinski definition) is 19. The Kier molecular flexibility index (Phi) is 34.0. The van der Waals surface area contributed by atoms with Crippen molar-refractivity contribution in [2.75, 3.05) is 46.2 Å². The molecule has 5 aliphatic heterocycles. The number of ether oxygens (including phenoxy) is 12. The van der Waals surface area contributed by atoms with Crippen LogP contribution in [0.5, 0.6) is 5.75 Å². The third-order valence-electron chi connectivity index (χ3n) is 17.6. The topological polar surface area (TPSA) is 539 Å². The second-order valence-electron chi connectivity index (χ2n) is 25.5. The molecule has 99 heavy (non-hydrogen) atoms. The molecule has 5 saturated heterocycles. The molecule has 5 fully saturated rings. The van der Waals surface area contributed by atoms with Gasteiger partial charge in [0.1, 0.15) is 134 Å². The van der Waals surface area contributed by atoms with Gasteiger partial charge in [-0.3, -0.25) is 24.0 Å². The zero-order valence-corrected chi connectivity index (χ0v) is 56.6. The van der Waals surface area contributed by atoms with E-state index in [1.54, 1.807) is 12.1 Å². The summed E-state index contributed by atoms with van der Waals surface area (Å²) in [7, 11) is 0. The van der Waals surface area contributed by atoms with Crippen LogP contribution in [-0.2, 0) is 71.3 Å². The van der Waals surface area contributed by atoms with Gasteiger partial charge in [0.2, 0.25) is 23.6 Å². The van der Waals surface area contributed by atoms with Crippen LogP contribution in [0.25, 0.3) is 0 Å². The van der Waals surface area contributed by atoms with Crippen molar-refractivity contribution < 1.29 is 152 Å². The van der Waals surface area contributed by atoms with Gasteiger partial charge in [0.15, 0.2) is 37.7 Å². The number of nitrogens with one attached hydrogen (secondary N) is 5. The number of benzene rings is 1. The van der Waals surface area contributed by atoms with Crippen molar-refractivity contribution in [1.29, 1.82) is 0 Å². The van der Waals surface area contributed by atoms with Gasteiger partial charge in [0.05, 0.1) is 58.4 Å². The van der Waals surface area contributed by atoms with E-state index in [9.17, 15) is 95.5 Å². The molecule has 5 amide bonds. The Hall–Kier alpha value is -4.63. The van der Waals surface area contributed by atoms with Crippen molar-refractivity contribution in [2.24, 2.45) is 0 Å². The minimum absolute atomic E-state index is 0.0616. The van der Waals surface area contributed by atoms with Crippen molar-refractivity contribution in [3.8, 4) is 5.75 Å². The van der Waals surface area contributed by atoms with E-state index in [1.165, 1.54) is 58.1 Å². The first-order valence-corrected chi connectivity index (χ1v) is 33.6. The van der Waals surface area contributed by atoms with Crippen LogP contribution < -0.4 is 31.3 Å². The highest BCUT2D eigenvalue weighted by Gasteiger charge is 2.56. The molecule has 0 spiro atoms. The van der Waals surface area contributed by atoms with Crippen molar-refractivity contribution >= 4 is 29.5 Å². The minimum Gasteiger partial charge on any atom is -0.494 e. The van der Waals surface area contributed by atoms with E-state index in [0.717, 1.165) is 53.4 Å². The molecule has 19 N–H and O–H groups in total. The second kappa shape index (κ2) is 40.4. The highest BCUT2D eigenvalue weighted by Crippen LogP contribution is 2.35. The summed E-state index contributed by atoms with van der Waals surface area (Å²) in [4.78, 5) is 64.7. The summed E-state index contributed by atoms with van der Waals surface area (Å²) in [5, 5.41) is 167. The predicted octanol–water partition coefficient (Wildman–Crippen LogP) is -6.51. The monoisotopic (exact) mass is 1430 g/mol. The second-order valence-corrected chi connectivity index (χ2v) is 25.5. The van der Waals surface area contributed by atoms with E-state index in [2.05, 4.69) is 33.5 Å². The normalized spacial score (nSPS) is 36.2. The van der Waals surface area contributed by atoms with Crippen LogP contribution >= 0.6 is 0 Å². The summed E-state index contributed by atoms with van der Waals surface area (Å²) in [6.07, 6.45) is -32.6. The molecule has 14 unspecified atom stereocenters. The highest BCUT2D eigenvalue weighted by molar-refractivity contribution is 5.94. The quantitative estimate of drug-likeness (QED) is 0.0218. The maximum atomic E-state index is 13.9. The number of amides is 5. The van der Waals surface area contributed by atoms with E-state index in [4.69, 9.17) is 56.8 Å². The molecule has 36 nitrogen and oxygen atoms in total. The Labute approximate surface area is 572 Å². The van der Waals surface area contributed by atoms with Gasteiger partial charge in [-0.05, 0) is 38.5 Å². The first-order chi connectivity index (χ1) is 47.1. The van der Waals surface area contributed by atoms with Gasteiger partial charge < -0.3 is 155 Å². The first-order valence-electron chi connectivity index (χ1n) is 33.6. The summed E-state index contributed by atoms with van der Waals surface area (Å²) in [5.74, 6) is -3.50. The van der Waals surface area contributed by atoms with Crippen molar-refractivity contribution in [2.45, 2.75) is 284 Å². The van der Waals surface area contributed by atoms with Crippen LogP contribution in [0.2, 0.25) is 0 Å². The molecule has 0 aromatic heterocycles. The first kappa shape index (κ1) is 83.3. The van der Waals surface area contributed by atoms with Gasteiger partial charge in [0, 0.05) is 33.3 Å². The third kappa shape index (κ3) is 22.9. The van der Waals surface area contributed by atoms with E-state index in [-0.39, 0.29) is 5.56 Å². The molecule has 0 radical (unpaired) electrons. The number of unbranched alkanes of at least 4 members (excludes halogenated alkanes) is 8. The Balaban J connectivity index is 1.19. The highest BCUT2D eigenvalue weighted by atomic mass is 16.8. The van der Waals surface area contributed by atoms with Gasteiger partial charge >= 0.3 is 0 Å². The van der Waals surface area contributed by atoms with Gasteiger partial charge in [-0.2, -0.15) is 0 Å². The SMILES string of the molecule is CCCCCCCCCCCOc1cccc(C(=O)N[C@@H]2C(O[C@H]3C(O)C(NC(C)=O)[C@H](OC(CO)C(CO)O[C@@H](O[C@H]4C(O)C(NC(C)=O)C(OC5C(CO[C@@H]6OC(C)C(O)[C@H](O)[C@H]6O)OC(O)[C@@H](NC(C)=O)[C@H]5O)O[C@H]4CO)[C@H](C)NC(C)=O)O[C@H]3CO)OC(CO)[C@@H](O)[C@@H]2O)c1. The van der Waals surface area contributed by atoms with E-state index < -0.39 is 247 Å². The van der Waals surface area contributed by atoms with Crippen LogP contribution in [0.15, 0.2) is 24.3 Å². The van der Waals surface area contributed by atoms with E-state index >= 15 is 0 Å². The fraction of sp³-hybridized carbons (Fsp3) is 0.825. The smallest absolute Gasteiger partial charge is 0.251 e. The Morgan fingerprint density at radius 2 is 1.02 bits per heavy atom. The molecule has 6 rings (SSSR count). The number of carbonyl (C=O) groups excluding carboxylic acids is 5. The van der Waals surface area contributed by atoms with Crippen molar-refractivity contribution in [1.82, 2.24) is 26.6 Å². The largest absolute Gasteiger partial charge is 0.494 e. The van der Waals surface area contributed by atoms with Gasteiger partial charge in [-0.15, -0.1) is 0 Å². The summed E-state index contributed by atoms with van der Waals surface area (Å²) in [6, 6.07) is -1.92. The average Bonchev–Trinajstić information content (AvgIpc) is 0.780. The fourth-order valence-electron chi connectivity index (χ4n) is 12.3. The van der Waals surface area contributed by atoms with Crippen LogP contribution in [-0.4, -0.2) is 325 Å². The summed E-state index contributed by atoms with van der Waals surface area (Å²) in [5.41, 5.74) is 0.0616. The Morgan fingerprint density at radius 1 is 0.505 bits per heavy atom. The van der Waals surface area contributed by atoms with Crippen LogP contribution in [0.4, 0.5) is 0 Å². The lowest BCUT2D eigenvalue weighted by molar-refractivity contribution is -0.354. The zero-order chi connectivity index (χ0) is 72.9. The standard InChI is InChI=1S/C63H105N5O31/c1-8-9-10-11-12-13-14-15-16-20-88-35-19-17-18-34(21-35)57(86)68-43-48(80)47(79)38(24-71)94-61(43)98-55-40(26-73)95-60(44(50(55)82)66-32(6)76)93-37(23-70)36(22-69)92-59(28(2)64-30(4)74)97-54-39(25-72)96-62(45(51(54)83)67-33(7)77)99-56-41(91-58(87)42(49(56)81)65-31(5)75)27-89-63-53(85)52(84)46(78)29(3)90-63/h17-19,21,28-29,36-56,58-63,69-73,78-85,87H,8-16,20,22-27H2,1-7H3,(H,64,74)(H,65,75)(H,66,76)(H,67,77)(H,68,86)/t28-,29?,36?,37?,38?,39-,40-,41?,42-,43-,44?,45?,46?,47+,48+,49+,50?,51?,52-,53+,54+,55+,56?,58?,59-,60+,61?,62?,63+/m0/s1. The maximum Gasteiger partial charge on any atom is 0.251 e. The molecular formula is C63H105N5O31. The molecule has 36 heteroatoms. The lowest BCUT2D eigenvalue weighted by Crippen LogP contribution is -2.70. The molecule has 5 aliphatic rings. The molecule has 0 saturated carbocycles. The zero-order valence-electron chi connectivity index (χ0n) is 56.6. The Morgan fingerprint density at radius 3 is 1.60 bits per heavy atom. The lowest BCUT2D eigenvalue weighted by Gasteiger charge is -2.49. The van der Waals surface area contributed by atoms with Crippen LogP contribution in [0.1, 0.15) is 117 Å². The van der Waals surface area contributed by atoms with Crippen LogP contribution in [0.3, 0.4) is 0 Å². The summed E-state index contributed by atoms with van der Waals surface area (Å²) in [6.45, 7) is 3.74. The van der Waals surface area contributed by atoms with Crippen molar-refractivity contribution in [3.05, 3.63) is 29.8 Å². The lowest BCUT2D eigenvalue weighted by atomic mass is 9.94. The van der Waals surface area contributed by atoms with Crippen LogP contribution in [0, 0.1) is 0 Å². The Bertz CT molecular complexity index is 2630. The van der Waals surface area contributed by atoms with Gasteiger partial charge in [-0.25, -0.2) is 0 Å². The van der Waals surface area contributed by atoms with Gasteiger partial charge in [-0.1, -0.05) is 64.4 Å². The maximum absolute atomic E-state index is 13.9. The fourth-order valence-corrected chi connectivity index (χ4v) is 12.3. The number of carbonyl (C=O) groups is 5. The number of aliphatic hydroxyl groups is 14. The average molecular weight is 1430 g/mol. The van der Waals surface area contributed by atoms with Gasteiger partial charge in [0.25, 0.3) is 5.91 Å². The molecule has 1 aromatic carbocycles. The van der Waals surface area contributed by atoms with E-state index in [0.29, 0.717) is 12.4 Å². The molecule has 0 bridgehead atoms. The molecule has 29 atom stereocenters. The minimum atomic E-state index is -2.04. The van der Waals surface area contributed by atoms with Crippen molar-refractivity contribution in [3.63, 3.8) is 0 Å². The predicted molar refractivity (Wildman–Crippen MR) is 335 cm³/mol. The molecule has 5 heterocycles. The molecule has 0 aliphatic carbocycles. The number of hydrogen-bond acceptors (Lipinski definition) is 31. The number of rotatable bonds is 37. The number of aliphatic hydroxyl groups excluding tert-OH is 14. The molecular weight excluding hydrogens is 1320 g/mol. The molecule has 568 valence electrons. The third-order valence-corrected chi connectivity index (χ3v) is 17.6. The molecule has 1 aromatic rings. The summed E-state index contributed by atoms with van der Waals surface area (Å²) >= 11 is 0.